The van der Waals surface area contributed by atoms with Crippen LogP contribution in [0.1, 0.15) is 36.0 Å². The predicted octanol–water partition coefficient (Wildman–Crippen LogP) is 2.11. The third-order valence-corrected chi connectivity index (χ3v) is 3.99. The Bertz CT molecular complexity index is 609. The summed E-state index contributed by atoms with van der Waals surface area (Å²) in [7, 11) is 0. The largest absolute Gasteiger partial charge is 0.391 e. The quantitative estimate of drug-likeness (QED) is 0.808. The summed E-state index contributed by atoms with van der Waals surface area (Å²) in [6.45, 7) is 0. The summed E-state index contributed by atoms with van der Waals surface area (Å²) < 4.78 is 0. The maximum Gasteiger partial charge on any atom is 0.255 e. The molecule has 1 fully saturated rings. The highest BCUT2D eigenvalue weighted by Crippen LogP contribution is 2.22. The predicted molar refractivity (Wildman–Crippen MR) is 79.8 cm³/mol. The van der Waals surface area contributed by atoms with Gasteiger partial charge in [0.1, 0.15) is 0 Å². The number of aromatic nitrogens is 2. The van der Waals surface area contributed by atoms with Crippen molar-refractivity contribution in [3.63, 3.8) is 0 Å². The highest BCUT2D eigenvalue weighted by atomic mass is 16.3. The molecule has 1 amide bonds. The molecule has 21 heavy (non-hydrogen) atoms. The van der Waals surface area contributed by atoms with E-state index in [1.807, 2.05) is 30.3 Å². The fourth-order valence-electron chi connectivity index (χ4n) is 2.81. The molecule has 1 heterocycles. The van der Waals surface area contributed by atoms with Gasteiger partial charge in [0.2, 0.25) is 0 Å². The van der Waals surface area contributed by atoms with Crippen LogP contribution >= 0.6 is 0 Å². The van der Waals surface area contributed by atoms with Crippen molar-refractivity contribution in [1.82, 2.24) is 15.5 Å². The van der Waals surface area contributed by atoms with E-state index in [1.54, 1.807) is 0 Å². The van der Waals surface area contributed by atoms with Crippen molar-refractivity contribution in [2.24, 2.45) is 0 Å². The van der Waals surface area contributed by atoms with Gasteiger partial charge >= 0.3 is 0 Å². The second-order valence-corrected chi connectivity index (χ2v) is 5.46. The number of hydrogen-bond acceptors (Lipinski definition) is 3. The summed E-state index contributed by atoms with van der Waals surface area (Å²) in [5, 5.41) is 19.8. The van der Waals surface area contributed by atoms with Crippen molar-refractivity contribution in [2.75, 3.05) is 0 Å². The van der Waals surface area contributed by atoms with E-state index in [1.165, 1.54) is 6.20 Å². The number of hydrogen-bond donors (Lipinski definition) is 3. The second kappa shape index (κ2) is 6.10. The molecule has 1 aliphatic rings. The minimum atomic E-state index is -0.449. The average Bonchev–Trinajstić information content (AvgIpc) is 3.00. The molecule has 2 aromatic rings. The monoisotopic (exact) mass is 285 g/mol. The van der Waals surface area contributed by atoms with Gasteiger partial charge in [-0.2, -0.15) is 5.10 Å². The summed E-state index contributed by atoms with van der Waals surface area (Å²) in [6.07, 6.45) is 4.72. The first-order chi connectivity index (χ1) is 10.3. The van der Waals surface area contributed by atoms with Crippen molar-refractivity contribution >= 4 is 5.91 Å². The van der Waals surface area contributed by atoms with E-state index in [2.05, 4.69) is 15.5 Å². The molecule has 0 aliphatic heterocycles. The lowest BCUT2D eigenvalue weighted by Crippen LogP contribution is -2.45. The Morgan fingerprint density at radius 3 is 2.76 bits per heavy atom. The lowest BCUT2D eigenvalue weighted by Gasteiger charge is -2.28. The smallest absolute Gasteiger partial charge is 0.255 e. The second-order valence-electron chi connectivity index (χ2n) is 5.46. The summed E-state index contributed by atoms with van der Waals surface area (Å²) in [6, 6.07) is 9.47. The van der Waals surface area contributed by atoms with Crippen molar-refractivity contribution in [2.45, 2.75) is 37.8 Å². The molecule has 1 aromatic carbocycles. The van der Waals surface area contributed by atoms with Crippen molar-refractivity contribution in [1.29, 1.82) is 0 Å². The van der Waals surface area contributed by atoms with Gasteiger partial charge in [-0.05, 0) is 12.8 Å². The first-order valence-electron chi connectivity index (χ1n) is 7.33. The van der Waals surface area contributed by atoms with E-state index in [-0.39, 0.29) is 11.9 Å². The Labute approximate surface area is 123 Å². The lowest BCUT2D eigenvalue weighted by molar-refractivity contribution is 0.0718. The molecule has 0 bridgehead atoms. The zero-order valence-electron chi connectivity index (χ0n) is 11.7. The summed E-state index contributed by atoms with van der Waals surface area (Å²) in [4.78, 5) is 12.4. The molecule has 0 spiro atoms. The van der Waals surface area contributed by atoms with Crippen molar-refractivity contribution in [3.05, 3.63) is 42.1 Å². The zero-order chi connectivity index (χ0) is 14.7. The normalized spacial score (nSPS) is 22.0. The van der Waals surface area contributed by atoms with Crippen LogP contribution in [0.5, 0.6) is 0 Å². The van der Waals surface area contributed by atoms with Crippen LogP contribution in [-0.4, -0.2) is 33.4 Å². The van der Waals surface area contributed by atoms with Crippen molar-refractivity contribution < 1.29 is 9.90 Å². The van der Waals surface area contributed by atoms with Crippen LogP contribution < -0.4 is 5.32 Å². The average molecular weight is 285 g/mol. The standard InChI is InChI=1S/C16H19N3O2/c20-14-9-5-4-8-13(14)18-16(21)12-10-17-19-15(12)11-6-2-1-3-7-11/h1-3,6-7,10,13-14,20H,4-5,8-9H2,(H,17,19)(H,18,21)/t13-,14-/m1/s1. The van der Waals surface area contributed by atoms with Gasteiger partial charge in [-0.15, -0.1) is 0 Å². The van der Waals surface area contributed by atoms with Gasteiger partial charge < -0.3 is 10.4 Å². The molecule has 1 saturated carbocycles. The van der Waals surface area contributed by atoms with E-state index < -0.39 is 6.10 Å². The molecular weight excluding hydrogens is 266 g/mol. The van der Waals surface area contributed by atoms with Crippen LogP contribution in [0.15, 0.2) is 36.5 Å². The van der Waals surface area contributed by atoms with Gasteiger partial charge in [0, 0.05) is 5.56 Å². The van der Waals surface area contributed by atoms with Crippen LogP contribution in [0.3, 0.4) is 0 Å². The number of rotatable bonds is 3. The molecule has 0 radical (unpaired) electrons. The van der Waals surface area contributed by atoms with Crippen molar-refractivity contribution in [3.8, 4) is 11.3 Å². The van der Waals surface area contributed by atoms with E-state index >= 15 is 0 Å². The van der Waals surface area contributed by atoms with Gasteiger partial charge in [-0.3, -0.25) is 9.89 Å². The molecule has 5 nitrogen and oxygen atoms in total. The number of benzene rings is 1. The molecule has 5 heteroatoms. The number of nitrogens with zero attached hydrogens (tertiary/aromatic N) is 1. The minimum absolute atomic E-state index is 0.162. The number of aliphatic hydroxyl groups is 1. The number of amides is 1. The van der Waals surface area contributed by atoms with E-state index in [0.29, 0.717) is 11.3 Å². The Morgan fingerprint density at radius 2 is 2.00 bits per heavy atom. The van der Waals surface area contributed by atoms with E-state index in [0.717, 1.165) is 31.2 Å². The molecule has 0 unspecified atom stereocenters. The van der Waals surface area contributed by atoms with Gasteiger partial charge in [-0.25, -0.2) is 0 Å². The minimum Gasteiger partial charge on any atom is -0.391 e. The van der Waals surface area contributed by atoms with Crippen LogP contribution in [0, 0.1) is 0 Å². The number of carbonyl (C=O) groups is 1. The topological polar surface area (TPSA) is 78.0 Å². The van der Waals surface area contributed by atoms with Gasteiger partial charge in [0.25, 0.3) is 5.91 Å². The number of aromatic amines is 1. The summed E-state index contributed by atoms with van der Waals surface area (Å²) >= 11 is 0. The summed E-state index contributed by atoms with van der Waals surface area (Å²) in [5.41, 5.74) is 2.14. The Kier molecular flexibility index (Phi) is 4.01. The van der Waals surface area contributed by atoms with Gasteiger partial charge in [0.05, 0.1) is 29.6 Å². The van der Waals surface area contributed by atoms with Crippen LogP contribution in [0.25, 0.3) is 11.3 Å². The highest BCUT2D eigenvalue weighted by molar-refractivity contribution is 5.99. The number of aliphatic hydroxyl groups excluding tert-OH is 1. The third-order valence-electron chi connectivity index (χ3n) is 3.99. The molecule has 1 aromatic heterocycles. The lowest BCUT2D eigenvalue weighted by atomic mass is 9.92. The summed E-state index contributed by atoms with van der Waals surface area (Å²) in [5.74, 6) is -0.187. The number of H-pyrrole nitrogens is 1. The van der Waals surface area contributed by atoms with Crippen LogP contribution in [0.2, 0.25) is 0 Å². The van der Waals surface area contributed by atoms with Crippen LogP contribution in [0.4, 0.5) is 0 Å². The molecular formula is C16H19N3O2. The molecule has 110 valence electrons. The fourth-order valence-corrected chi connectivity index (χ4v) is 2.81. The van der Waals surface area contributed by atoms with Crippen LogP contribution in [-0.2, 0) is 0 Å². The third kappa shape index (κ3) is 2.97. The Morgan fingerprint density at radius 1 is 1.24 bits per heavy atom. The number of nitrogens with one attached hydrogen (secondary N) is 2. The molecule has 0 saturated heterocycles. The maximum atomic E-state index is 12.4. The Balaban J connectivity index is 1.78. The molecule has 3 rings (SSSR count). The first-order valence-corrected chi connectivity index (χ1v) is 7.33. The zero-order valence-corrected chi connectivity index (χ0v) is 11.7. The Hall–Kier alpha value is -2.14. The molecule has 2 atom stereocenters. The van der Waals surface area contributed by atoms with E-state index in [4.69, 9.17) is 0 Å². The van der Waals surface area contributed by atoms with Gasteiger partial charge in [0.15, 0.2) is 0 Å². The SMILES string of the molecule is O=C(N[C@@H]1CCCC[C@H]1O)c1cn[nH]c1-c1ccccc1. The fraction of sp³-hybridized carbons (Fsp3) is 0.375. The van der Waals surface area contributed by atoms with E-state index in [9.17, 15) is 9.90 Å². The highest BCUT2D eigenvalue weighted by Gasteiger charge is 2.26. The van der Waals surface area contributed by atoms with Gasteiger partial charge in [-0.1, -0.05) is 43.2 Å². The number of carbonyl (C=O) groups excluding carboxylic acids is 1. The first kappa shape index (κ1) is 13.8. The molecule has 1 aliphatic carbocycles. The maximum absolute atomic E-state index is 12.4. The molecule has 3 N–H and O–H groups in total.